The first-order chi connectivity index (χ1) is 8.45. The second-order valence-corrected chi connectivity index (χ2v) is 5.54. The Bertz CT molecular complexity index is 382. The molecule has 2 unspecified atom stereocenters. The zero-order chi connectivity index (χ0) is 13.7. The van der Waals surface area contributed by atoms with Gasteiger partial charge in [0, 0.05) is 13.0 Å². The van der Waals surface area contributed by atoms with Crippen LogP contribution < -0.4 is 0 Å². The number of hydrogen-bond acceptors (Lipinski definition) is 2. The van der Waals surface area contributed by atoms with Gasteiger partial charge >= 0.3 is 0 Å². The summed E-state index contributed by atoms with van der Waals surface area (Å²) < 4.78 is 19.1. The SMILES string of the molecule is CCOC(C(C)C)C(O)Cc1ccc(F)c(Br)c1. The Balaban J connectivity index is 2.72. The lowest BCUT2D eigenvalue weighted by Gasteiger charge is -2.26. The third-order valence-corrected chi connectivity index (χ3v) is 3.43. The molecule has 102 valence electrons. The number of benzene rings is 1. The molecular weight excluding hydrogens is 299 g/mol. The molecule has 0 fully saturated rings. The summed E-state index contributed by atoms with van der Waals surface area (Å²) in [6, 6.07) is 4.78. The molecule has 0 heterocycles. The van der Waals surface area contributed by atoms with Crippen LogP contribution in [-0.2, 0) is 11.2 Å². The highest BCUT2D eigenvalue weighted by atomic mass is 79.9. The topological polar surface area (TPSA) is 29.5 Å². The molecule has 0 spiro atoms. The standard InChI is InChI=1S/C14H20BrFO2/c1-4-18-14(9(2)3)13(17)8-10-5-6-12(16)11(15)7-10/h5-7,9,13-14,17H,4,8H2,1-3H3. The average molecular weight is 319 g/mol. The lowest BCUT2D eigenvalue weighted by atomic mass is 9.96. The minimum atomic E-state index is -0.581. The Morgan fingerprint density at radius 1 is 1.39 bits per heavy atom. The van der Waals surface area contributed by atoms with Crippen LogP contribution in [0.5, 0.6) is 0 Å². The molecule has 0 saturated carbocycles. The van der Waals surface area contributed by atoms with Crippen LogP contribution >= 0.6 is 15.9 Å². The first-order valence-corrected chi connectivity index (χ1v) is 6.98. The van der Waals surface area contributed by atoms with Crippen molar-refractivity contribution in [2.24, 2.45) is 5.92 Å². The van der Waals surface area contributed by atoms with E-state index in [1.54, 1.807) is 12.1 Å². The first kappa shape index (κ1) is 15.6. The van der Waals surface area contributed by atoms with Crippen molar-refractivity contribution in [2.75, 3.05) is 6.61 Å². The fourth-order valence-corrected chi connectivity index (χ4v) is 2.39. The van der Waals surface area contributed by atoms with Crippen molar-refractivity contribution in [3.05, 3.63) is 34.1 Å². The maximum Gasteiger partial charge on any atom is 0.137 e. The van der Waals surface area contributed by atoms with E-state index in [1.165, 1.54) is 6.07 Å². The Labute approximate surface area is 116 Å². The van der Waals surface area contributed by atoms with Crippen LogP contribution in [0.1, 0.15) is 26.3 Å². The molecular formula is C14H20BrFO2. The van der Waals surface area contributed by atoms with Crippen molar-refractivity contribution >= 4 is 15.9 Å². The fraction of sp³-hybridized carbons (Fsp3) is 0.571. The second-order valence-electron chi connectivity index (χ2n) is 4.68. The third-order valence-electron chi connectivity index (χ3n) is 2.82. The van der Waals surface area contributed by atoms with Gasteiger partial charge in [-0.1, -0.05) is 19.9 Å². The summed E-state index contributed by atoms with van der Waals surface area (Å²) in [6.45, 7) is 6.53. The fourth-order valence-electron chi connectivity index (χ4n) is 1.96. The van der Waals surface area contributed by atoms with E-state index in [4.69, 9.17) is 4.74 Å². The predicted octanol–water partition coefficient (Wildman–Crippen LogP) is 3.55. The zero-order valence-corrected chi connectivity index (χ0v) is 12.6. The molecule has 1 aromatic carbocycles. The average Bonchev–Trinajstić information content (AvgIpc) is 2.30. The van der Waals surface area contributed by atoms with Gasteiger partial charge < -0.3 is 9.84 Å². The largest absolute Gasteiger partial charge is 0.390 e. The van der Waals surface area contributed by atoms with Crippen molar-refractivity contribution in [1.29, 1.82) is 0 Å². The molecule has 0 radical (unpaired) electrons. The van der Waals surface area contributed by atoms with Gasteiger partial charge in [-0.15, -0.1) is 0 Å². The predicted molar refractivity (Wildman–Crippen MR) is 74.1 cm³/mol. The van der Waals surface area contributed by atoms with E-state index in [-0.39, 0.29) is 17.8 Å². The maximum absolute atomic E-state index is 13.1. The maximum atomic E-state index is 13.1. The van der Waals surface area contributed by atoms with Crippen molar-refractivity contribution in [3.8, 4) is 0 Å². The highest BCUT2D eigenvalue weighted by Crippen LogP contribution is 2.20. The molecule has 1 aromatic rings. The van der Waals surface area contributed by atoms with Crippen molar-refractivity contribution in [2.45, 2.75) is 39.4 Å². The molecule has 18 heavy (non-hydrogen) atoms. The van der Waals surface area contributed by atoms with Crippen molar-refractivity contribution < 1.29 is 14.2 Å². The Morgan fingerprint density at radius 3 is 2.56 bits per heavy atom. The van der Waals surface area contributed by atoms with E-state index < -0.39 is 6.10 Å². The van der Waals surface area contributed by atoms with Gasteiger partial charge in [0.15, 0.2) is 0 Å². The minimum Gasteiger partial charge on any atom is -0.390 e. The molecule has 1 rings (SSSR count). The van der Waals surface area contributed by atoms with Gasteiger partial charge in [-0.25, -0.2) is 4.39 Å². The normalized spacial score (nSPS) is 14.8. The van der Waals surface area contributed by atoms with E-state index in [2.05, 4.69) is 15.9 Å². The van der Waals surface area contributed by atoms with Crippen LogP contribution in [0.25, 0.3) is 0 Å². The first-order valence-electron chi connectivity index (χ1n) is 6.19. The van der Waals surface area contributed by atoms with E-state index in [0.29, 0.717) is 17.5 Å². The van der Waals surface area contributed by atoms with E-state index >= 15 is 0 Å². The van der Waals surface area contributed by atoms with Crippen LogP contribution in [0.4, 0.5) is 4.39 Å². The summed E-state index contributed by atoms with van der Waals surface area (Å²) >= 11 is 3.14. The summed E-state index contributed by atoms with van der Waals surface area (Å²) in [5, 5.41) is 10.2. The molecule has 0 aliphatic carbocycles. The zero-order valence-electron chi connectivity index (χ0n) is 11.0. The number of aliphatic hydroxyl groups excluding tert-OH is 1. The molecule has 0 bridgehead atoms. The van der Waals surface area contributed by atoms with Crippen LogP contribution in [-0.4, -0.2) is 23.9 Å². The molecule has 2 nitrogen and oxygen atoms in total. The Hall–Kier alpha value is -0.450. The molecule has 4 heteroatoms. The summed E-state index contributed by atoms with van der Waals surface area (Å²) in [6.07, 6.45) is -0.317. The minimum absolute atomic E-state index is 0.196. The lowest BCUT2D eigenvalue weighted by molar-refractivity contribution is -0.0562. The molecule has 1 N–H and O–H groups in total. The molecule has 0 saturated heterocycles. The monoisotopic (exact) mass is 318 g/mol. The van der Waals surface area contributed by atoms with Crippen LogP contribution in [0.3, 0.4) is 0 Å². The number of rotatable bonds is 6. The van der Waals surface area contributed by atoms with Crippen LogP contribution in [0.2, 0.25) is 0 Å². The summed E-state index contributed by atoms with van der Waals surface area (Å²) in [5.74, 6) is -0.0534. The Kier molecular flexibility index (Phi) is 6.26. The number of halogens is 2. The summed E-state index contributed by atoms with van der Waals surface area (Å²) in [4.78, 5) is 0. The summed E-state index contributed by atoms with van der Waals surface area (Å²) in [7, 11) is 0. The van der Waals surface area contributed by atoms with Gasteiger partial charge in [0.2, 0.25) is 0 Å². The smallest absolute Gasteiger partial charge is 0.137 e. The highest BCUT2D eigenvalue weighted by molar-refractivity contribution is 9.10. The number of hydrogen-bond donors (Lipinski definition) is 1. The van der Waals surface area contributed by atoms with Gasteiger partial charge in [0.1, 0.15) is 5.82 Å². The van der Waals surface area contributed by atoms with Crippen LogP contribution in [0.15, 0.2) is 22.7 Å². The van der Waals surface area contributed by atoms with Crippen molar-refractivity contribution in [1.82, 2.24) is 0 Å². The van der Waals surface area contributed by atoms with Gasteiger partial charge in [-0.3, -0.25) is 0 Å². The number of ether oxygens (including phenoxy) is 1. The van der Waals surface area contributed by atoms with E-state index in [1.807, 2.05) is 20.8 Å². The van der Waals surface area contributed by atoms with Gasteiger partial charge in [0.05, 0.1) is 16.7 Å². The van der Waals surface area contributed by atoms with Crippen LogP contribution in [0, 0.1) is 11.7 Å². The molecule has 0 amide bonds. The summed E-state index contributed by atoms with van der Waals surface area (Å²) in [5.41, 5.74) is 0.890. The second kappa shape index (κ2) is 7.22. The molecule has 0 aromatic heterocycles. The van der Waals surface area contributed by atoms with Gasteiger partial charge in [-0.05, 0) is 46.5 Å². The molecule has 0 aliphatic rings. The van der Waals surface area contributed by atoms with Gasteiger partial charge in [0.25, 0.3) is 0 Å². The van der Waals surface area contributed by atoms with E-state index in [9.17, 15) is 9.50 Å². The quantitative estimate of drug-likeness (QED) is 0.869. The van der Waals surface area contributed by atoms with E-state index in [0.717, 1.165) is 5.56 Å². The third kappa shape index (κ3) is 4.34. The number of aliphatic hydroxyl groups is 1. The lowest BCUT2D eigenvalue weighted by Crippen LogP contribution is -2.35. The Morgan fingerprint density at radius 2 is 2.06 bits per heavy atom. The highest BCUT2D eigenvalue weighted by Gasteiger charge is 2.23. The van der Waals surface area contributed by atoms with Crippen molar-refractivity contribution in [3.63, 3.8) is 0 Å². The molecule has 2 atom stereocenters. The van der Waals surface area contributed by atoms with Gasteiger partial charge in [-0.2, -0.15) is 0 Å². The molecule has 0 aliphatic heterocycles.